The highest BCUT2D eigenvalue weighted by atomic mass is 35.5. The first-order chi connectivity index (χ1) is 8.16. The van der Waals surface area contributed by atoms with Crippen molar-refractivity contribution in [2.45, 2.75) is 6.42 Å². The van der Waals surface area contributed by atoms with Crippen molar-refractivity contribution in [2.75, 3.05) is 0 Å². The molecule has 0 unspecified atom stereocenters. The lowest BCUT2D eigenvalue weighted by Gasteiger charge is -2.10. The number of halogens is 1. The van der Waals surface area contributed by atoms with E-state index < -0.39 is 5.97 Å². The molecule has 1 aliphatic carbocycles. The quantitative estimate of drug-likeness (QED) is 0.826. The molecule has 3 rings (SSSR count). The van der Waals surface area contributed by atoms with Gasteiger partial charge in [0.05, 0.1) is 22.0 Å². The van der Waals surface area contributed by atoms with Crippen LogP contribution in [0, 0.1) is 0 Å². The Hall–Kier alpha value is -1.87. The molecule has 1 heterocycles. The first-order valence-corrected chi connectivity index (χ1v) is 5.56. The molecule has 0 aromatic heterocycles. The fourth-order valence-corrected chi connectivity index (χ4v) is 2.37. The van der Waals surface area contributed by atoms with Gasteiger partial charge in [-0.1, -0.05) is 23.7 Å². The summed E-state index contributed by atoms with van der Waals surface area (Å²) >= 11 is 6.14. The van der Waals surface area contributed by atoms with Crippen molar-refractivity contribution in [1.29, 1.82) is 0 Å². The lowest BCUT2D eigenvalue weighted by molar-refractivity contribution is -0.132. The smallest absolute Gasteiger partial charge is 0.335 e. The molecular weight excluding hydrogens is 238 g/mol. The van der Waals surface area contributed by atoms with Crippen LogP contribution in [0.1, 0.15) is 12.0 Å². The van der Waals surface area contributed by atoms with Crippen LogP contribution >= 0.6 is 11.6 Å². The van der Waals surface area contributed by atoms with Crippen LogP contribution in [0.3, 0.4) is 0 Å². The molecule has 0 fully saturated rings. The molecule has 1 aromatic carbocycles. The van der Waals surface area contributed by atoms with Gasteiger partial charge in [0.1, 0.15) is 0 Å². The summed E-state index contributed by atoms with van der Waals surface area (Å²) in [6, 6.07) is 5.51. The predicted octanol–water partition coefficient (Wildman–Crippen LogP) is 3.22. The van der Waals surface area contributed by atoms with Crippen molar-refractivity contribution < 1.29 is 9.90 Å². The number of nitrogens with zero attached hydrogens (tertiary/aromatic N) is 1. The van der Waals surface area contributed by atoms with Gasteiger partial charge in [-0.15, -0.1) is 0 Å². The molecule has 2 aliphatic rings. The summed E-state index contributed by atoms with van der Waals surface area (Å²) in [5.41, 5.74) is 3.69. The SMILES string of the molecule is O=C(O)C1=CCC2=Nc3cccc(Cl)c3C2=C1. The maximum Gasteiger partial charge on any atom is 0.335 e. The van der Waals surface area contributed by atoms with Gasteiger partial charge in [-0.05, 0) is 18.2 Å². The lowest BCUT2D eigenvalue weighted by atomic mass is 9.93. The molecule has 1 aliphatic heterocycles. The number of hydrogen-bond donors (Lipinski definition) is 1. The number of allylic oxidation sites excluding steroid dienone is 2. The molecule has 0 saturated carbocycles. The Morgan fingerprint density at radius 2 is 2.24 bits per heavy atom. The van der Waals surface area contributed by atoms with E-state index in [-0.39, 0.29) is 0 Å². The topological polar surface area (TPSA) is 49.7 Å². The van der Waals surface area contributed by atoms with Gasteiger partial charge >= 0.3 is 5.97 Å². The molecule has 0 atom stereocenters. The van der Waals surface area contributed by atoms with Gasteiger partial charge in [0.15, 0.2) is 0 Å². The van der Waals surface area contributed by atoms with Crippen LogP contribution in [-0.2, 0) is 4.79 Å². The van der Waals surface area contributed by atoms with Crippen LogP contribution in [0.5, 0.6) is 0 Å². The Morgan fingerprint density at radius 3 is 3.00 bits per heavy atom. The summed E-state index contributed by atoms with van der Waals surface area (Å²) in [6.07, 6.45) is 3.85. The summed E-state index contributed by atoms with van der Waals surface area (Å²) in [7, 11) is 0. The third kappa shape index (κ3) is 1.51. The summed E-state index contributed by atoms with van der Waals surface area (Å²) in [4.78, 5) is 15.4. The number of benzene rings is 1. The van der Waals surface area contributed by atoms with Gasteiger partial charge in [-0.2, -0.15) is 0 Å². The first-order valence-electron chi connectivity index (χ1n) is 5.19. The van der Waals surface area contributed by atoms with Gasteiger partial charge < -0.3 is 5.11 Å². The number of hydrogen-bond acceptors (Lipinski definition) is 2. The van der Waals surface area contributed by atoms with Crippen molar-refractivity contribution >= 4 is 34.5 Å². The molecule has 0 saturated heterocycles. The average molecular weight is 246 g/mol. The van der Waals surface area contributed by atoms with Crippen LogP contribution in [0.15, 0.2) is 40.9 Å². The Kier molecular flexibility index (Phi) is 2.16. The zero-order chi connectivity index (χ0) is 12.0. The first kappa shape index (κ1) is 10.3. The molecule has 17 heavy (non-hydrogen) atoms. The molecule has 4 heteroatoms. The van der Waals surface area contributed by atoms with Gasteiger partial charge in [-0.3, -0.25) is 4.99 Å². The Bertz CT molecular complexity index is 626. The van der Waals surface area contributed by atoms with Crippen molar-refractivity contribution in [3.63, 3.8) is 0 Å². The second-order valence-corrected chi connectivity index (χ2v) is 4.33. The van der Waals surface area contributed by atoms with Crippen LogP contribution in [0.25, 0.3) is 5.57 Å². The molecule has 1 N–H and O–H groups in total. The van der Waals surface area contributed by atoms with E-state index >= 15 is 0 Å². The fraction of sp³-hybridized carbons (Fsp3) is 0.0769. The number of carboxylic acid groups (broad SMARTS) is 1. The van der Waals surface area contributed by atoms with E-state index in [0.29, 0.717) is 17.0 Å². The predicted molar refractivity (Wildman–Crippen MR) is 66.9 cm³/mol. The van der Waals surface area contributed by atoms with E-state index in [9.17, 15) is 4.79 Å². The van der Waals surface area contributed by atoms with E-state index in [1.165, 1.54) is 0 Å². The molecule has 3 nitrogen and oxygen atoms in total. The molecule has 0 radical (unpaired) electrons. The molecule has 0 bridgehead atoms. The van der Waals surface area contributed by atoms with E-state index in [1.54, 1.807) is 18.2 Å². The van der Waals surface area contributed by atoms with Crippen LogP contribution in [0.4, 0.5) is 5.69 Å². The van der Waals surface area contributed by atoms with Gasteiger partial charge in [0, 0.05) is 17.6 Å². The Labute approximate surface area is 103 Å². The van der Waals surface area contributed by atoms with Crippen LogP contribution in [-0.4, -0.2) is 16.8 Å². The highest BCUT2D eigenvalue weighted by molar-refractivity contribution is 6.39. The minimum Gasteiger partial charge on any atom is -0.478 e. The average Bonchev–Trinajstić information content (AvgIpc) is 2.67. The van der Waals surface area contributed by atoms with Gasteiger partial charge in [-0.25, -0.2) is 4.79 Å². The van der Waals surface area contributed by atoms with Crippen molar-refractivity contribution in [3.8, 4) is 0 Å². The normalized spacial score (nSPS) is 16.6. The van der Waals surface area contributed by atoms with E-state index in [0.717, 1.165) is 22.5 Å². The van der Waals surface area contributed by atoms with Crippen molar-refractivity contribution in [3.05, 3.63) is 46.5 Å². The molecule has 0 amide bonds. The standard InChI is InChI=1S/C13H8ClNO2/c14-9-2-1-3-11-12(9)8-6-7(13(16)17)4-5-10(8)15-11/h1-4,6H,5H2,(H,16,17). The Balaban J connectivity index is 2.18. The monoisotopic (exact) mass is 245 g/mol. The summed E-state index contributed by atoms with van der Waals surface area (Å²) in [5, 5.41) is 9.60. The minimum absolute atomic E-state index is 0.298. The molecule has 0 spiro atoms. The number of aliphatic carboxylic acids is 1. The summed E-state index contributed by atoms with van der Waals surface area (Å²) in [6.45, 7) is 0. The van der Waals surface area contributed by atoms with E-state index in [1.807, 2.05) is 12.1 Å². The molecule has 1 aromatic rings. The van der Waals surface area contributed by atoms with Gasteiger partial charge in [0.25, 0.3) is 0 Å². The zero-order valence-corrected chi connectivity index (χ0v) is 9.53. The lowest BCUT2D eigenvalue weighted by Crippen LogP contribution is -2.07. The van der Waals surface area contributed by atoms with Gasteiger partial charge in [0.2, 0.25) is 0 Å². The highest BCUT2D eigenvalue weighted by Gasteiger charge is 2.26. The highest BCUT2D eigenvalue weighted by Crippen LogP contribution is 2.42. The molecular formula is C13H8ClNO2. The number of carboxylic acids is 1. The minimum atomic E-state index is -0.919. The number of fused-ring (bicyclic) bond motifs is 3. The maximum atomic E-state index is 11.0. The second-order valence-electron chi connectivity index (χ2n) is 3.92. The zero-order valence-electron chi connectivity index (χ0n) is 8.77. The number of rotatable bonds is 1. The number of aliphatic imine (C=N–C) groups is 1. The van der Waals surface area contributed by atoms with E-state index in [4.69, 9.17) is 16.7 Å². The fourth-order valence-electron chi connectivity index (χ4n) is 2.10. The summed E-state index contributed by atoms with van der Waals surface area (Å²) < 4.78 is 0. The van der Waals surface area contributed by atoms with Crippen LogP contribution < -0.4 is 0 Å². The number of carbonyl (C=O) groups is 1. The van der Waals surface area contributed by atoms with Crippen molar-refractivity contribution in [1.82, 2.24) is 0 Å². The third-order valence-electron chi connectivity index (χ3n) is 2.89. The third-order valence-corrected chi connectivity index (χ3v) is 3.20. The van der Waals surface area contributed by atoms with Crippen molar-refractivity contribution in [2.24, 2.45) is 4.99 Å². The maximum absolute atomic E-state index is 11.0. The summed E-state index contributed by atoms with van der Waals surface area (Å²) in [5.74, 6) is -0.919. The second kappa shape index (κ2) is 3.57. The molecule has 84 valence electrons. The largest absolute Gasteiger partial charge is 0.478 e. The van der Waals surface area contributed by atoms with Crippen LogP contribution in [0.2, 0.25) is 5.02 Å². The Morgan fingerprint density at radius 1 is 1.41 bits per heavy atom. The van der Waals surface area contributed by atoms with E-state index in [2.05, 4.69) is 4.99 Å².